The topological polar surface area (TPSA) is 80.6 Å². The molecule has 6 nitrogen and oxygen atoms in total. The van der Waals surface area contributed by atoms with Crippen molar-refractivity contribution >= 4 is 23.0 Å². The van der Waals surface area contributed by atoms with Crippen LogP contribution in [-0.4, -0.2) is 33.4 Å². The number of ether oxygens (including phenoxy) is 1. The number of nitrogens with one attached hydrogen (secondary N) is 1. The number of aliphatic carboxylic acids is 1. The second-order valence-electron chi connectivity index (χ2n) is 6.64. The standard InChI is InChI=1S/C17H21FN2O4/c1-17(2,3)24-16(23)19-13(15(21)22)9-12-8-10-7-11(18)5-6-14(10)20(12)4/h5-8,13H,9H2,1-4H3,(H,19,23)(H,21,22). The van der Waals surface area contributed by atoms with Gasteiger partial charge in [-0.15, -0.1) is 0 Å². The highest BCUT2D eigenvalue weighted by molar-refractivity contribution is 5.83. The van der Waals surface area contributed by atoms with Crippen molar-refractivity contribution in [2.45, 2.75) is 38.8 Å². The molecule has 1 atom stereocenters. The Morgan fingerprint density at radius 2 is 2.00 bits per heavy atom. The van der Waals surface area contributed by atoms with Crippen molar-refractivity contribution in [3.63, 3.8) is 0 Å². The summed E-state index contributed by atoms with van der Waals surface area (Å²) in [6.45, 7) is 5.09. The maximum absolute atomic E-state index is 13.3. The number of carbonyl (C=O) groups excluding carboxylic acids is 1. The van der Waals surface area contributed by atoms with E-state index in [0.29, 0.717) is 11.1 Å². The van der Waals surface area contributed by atoms with Crippen molar-refractivity contribution in [1.82, 2.24) is 9.88 Å². The lowest BCUT2D eigenvalue weighted by molar-refractivity contribution is -0.139. The first-order chi connectivity index (χ1) is 11.1. The van der Waals surface area contributed by atoms with Crippen molar-refractivity contribution in [2.75, 3.05) is 0 Å². The van der Waals surface area contributed by atoms with E-state index in [2.05, 4.69) is 5.32 Å². The summed E-state index contributed by atoms with van der Waals surface area (Å²) < 4.78 is 20.2. The summed E-state index contributed by atoms with van der Waals surface area (Å²) in [5, 5.41) is 12.4. The average Bonchev–Trinajstić information content (AvgIpc) is 2.71. The lowest BCUT2D eigenvalue weighted by Crippen LogP contribution is -2.44. The molecule has 0 spiro atoms. The van der Waals surface area contributed by atoms with Crippen LogP contribution in [0.1, 0.15) is 26.5 Å². The van der Waals surface area contributed by atoms with Crippen LogP contribution in [0.5, 0.6) is 0 Å². The number of hydrogen-bond donors (Lipinski definition) is 2. The molecular formula is C17H21FN2O4. The molecule has 2 rings (SSSR count). The molecule has 0 aliphatic rings. The van der Waals surface area contributed by atoms with E-state index in [9.17, 15) is 19.1 Å². The van der Waals surface area contributed by atoms with Gasteiger partial charge in [0, 0.05) is 30.1 Å². The molecule has 1 unspecified atom stereocenters. The number of amides is 1. The molecule has 0 radical (unpaired) electrons. The first kappa shape index (κ1) is 17.8. The molecule has 7 heteroatoms. The van der Waals surface area contributed by atoms with Gasteiger partial charge < -0.3 is 19.7 Å². The van der Waals surface area contributed by atoms with Crippen molar-refractivity contribution in [3.05, 3.63) is 35.8 Å². The summed E-state index contributed by atoms with van der Waals surface area (Å²) in [6, 6.07) is 4.93. The molecule has 0 aliphatic carbocycles. The third-order valence-electron chi connectivity index (χ3n) is 3.51. The molecule has 1 heterocycles. The number of aryl methyl sites for hydroxylation is 1. The number of carbonyl (C=O) groups is 2. The van der Waals surface area contributed by atoms with Gasteiger partial charge in [-0.05, 0) is 45.0 Å². The minimum Gasteiger partial charge on any atom is -0.480 e. The SMILES string of the molecule is Cn1c(CC(NC(=O)OC(C)(C)C)C(=O)O)cc2cc(F)ccc21. The molecule has 130 valence electrons. The van der Waals surface area contributed by atoms with E-state index >= 15 is 0 Å². The highest BCUT2D eigenvalue weighted by Gasteiger charge is 2.25. The quantitative estimate of drug-likeness (QED) is 0.900. The van der Waals surface area contributed by atoms with Gasteiger partial charge in [0.15, 0.2) is 0 Å². The molecule has 0 saturated carbocycles. The smallest absolute Gasteiger partial charge is 0.408 e. The van der Waals surface area contributed by atoms with E-state index < -0.39 is 23.7 Å². The number of alkyl carbamates (subject to hydrolysis) is 1. The van der Waals surface area contributed by atoms with Gasteiger partial charge in [0.1, 0.15) is 17.5 Å². The van der Waals surface area contributed by atoms with Crippen LogP contribution < -0.4 is 5.32 Å². The van der Waals surface area contributed by atoms with E-state index in [1.54, 1.807) is 44.5 Å². The molecule has 0 saturated heterocycles. The van der Waals surface area contributed by atoms with Crippen LogP contribution in [0.4, 0.5) is 9.18 Å². The molecule has 1 aromatic heterocycles. The molecule has 24 heavy (non-hydrogen) atoms. The fourth-order valence-corrected chi connectivity index (χ4v) is 2.43. The summed E-state index contributed by atoms with van der Waals surface area (Å²) >= 11 is 0. The number of fused-ring (bicyclic) bond motifs is 1. The van der Waals surface area contributed by atoms with E-state index in [0.717, 1.165) is 5.52 Å². The Bertz CT molecular complexity index is 777. The number of hydrogen-bond acceptors (Lipinski definition) is 3. The minimum absolute atomic E-state index is 0.0569. The van der Waals surface area contributed by atoms with Crippen molar-refractivity contribution in [3.8, 4) is 0 Å². The molecule has 0 fully saturated rings. The number of aromatic nitrogens is 1. The van der Waals surface area contributed by atoms with Gasteiger partial charge in [0.25, 0.3) is 0 Å². The van der Waals surface area contributed by atoms with Crippen molar-refractivity contribution in [2.24, 2.45) is 7.05 Å². The summed E-state index contributed by atoms with van der Waals surface area (Å²) in [4.78, 5) is 23.3. The molecule has 0 aliphatic heterocycles. The molecule has 2 N–H and O–H groups in total. The number of carboxylic acids is 1. The Morgan fingerprint density at radius 3 is 2.58 bits per heavy atom. The average molecular weight is 336 g/mol. The Balaban J connectivity index is 2.20. The van der Waals surface area contributed by atoms with Gasteiger partial charge in [-0.1, -0.05) is 0 Å². The summed E-state index contributed by atoms with van der Waals surface area (Å²) in [6.07, 6.45) is -0.735. The third kappa shape index (κ3) is 4.24. The Hall–Kier alpha value is -2.57. The number of benzene rings is 1. The molecule has 1 aromatic carbocycles. The first-order valence-electron chi connectivity index (χ1n) is 7.53. The number of halogens is 1. The van der Waals surface area contributed by atoms with Gasteiger partial charge in [0.05, 0.1) is 0 Å². The van der Waals surface area contributed by atoms with Gasteiger partial charge in [-0.2, -0.15) is 0 Å². The van der Waals surface area contributed by atoms with Crippen LogP contribution in [0, 0.1) is 5.82 Å². The van der Waals surface area contributed by atoms with E-state index in [4.69, 9.17) is 4.74 Å². The molecule has 0 bridgehead atoms. The second kappa shape index (κ2) is 6.51. The fraction of sp³-hybridized carbons (Fsp3) is 0.412. The highest BCUT2D eigenvalue weighted by atomic mass is 19.1. The third-order valence-corrected chi connectivity index (χ3v) is 3.51. The van der Waals surface area contributed by atoms with Crippen LogP contribution in [0.25, 0.3) is 10.9 Å². The zero-order valence-electron chi connectivity index (χ0n) is 14.1. The normalized spacial score (nSPS) is 12.9. The van der Waals surface area contributed by atoms with Crippen LogP contribution in [0.2, 0.25) is 0 Å². The highest BCUT2D eigenvalue weighted by Crippen LogP contribution is 2.21. The molecule has 1 amide bonds. The number of carboxylic acid groups (broad SMARTS) is 1. The summed E-state index contributed by atoms with van der Waals surface area (Å²) in [5.41, 5.74) is 0.733. The van der Waals surface area contributed by atoms with Gasteiger partial charge in [-0.25, -0.2) is 14.0 Å². The van der Waals surface area contributed by atoms with Crippen molar-refractivity contribution in [1.29, 1.82) is 0 Å². The second-order valence-corrected chi connectivity index (χ2v) is 6.64. The minimum atomic E-state index is -1.17. The van der Waals surface area contributed by atoms with Gasteiger partial charge >= 0.3 is 12.1 Å². The first-order valence-corrected chi connectivity index (χ1v) is 7.53. The van der Waals surface area contributed by atoms with E-state index in [1.807, 2.05) is 0 Å². The predicted octanol–water partition coefficient (Wildman–Crippen LogP) is 2.84. The maximum atomic E-state index is 13.3. The van der Waals surface area contributed by atoms with Crippen LogP contribution in [-0.2, 0) is 23.0 Å². The fourth-order valence-electron chi connectivity index (χ4n) is 2.43. The largest absolute Gasteiger partial charge is 0.480 e. The van der Waals surface area contributed by atoms with E-state index in [-0.39, 0.29) is 12.2 Å². The predicted molar refractivity (Wildman–Crippen MR) is 87.4 cm³/mol. The van der Waals surface area contributed by atoms with Crippen LogP contribution >= 0.6 is 0 Å². The molecule has 2 aromatic rings. The lowest BCUT2D eigenvalue weighted by Gasteiger charge is -2.22. The Kier molecular flexibility index (Phi) is 4.82. The van der Waals surface area contributed by atoms with Crippen molar-refractivity contribution < 1.29 is 23.8 Å². The summed E-state index contributed by atoms with van der Waals surface area (Å²) in [7, 11) is 1.77. The Morgan fingerprint density at radius 1 is 1.33 bits per heavy atom. The monoisotopic (exact) mass is 336 g/mol. The van der Waals surface area contributed by atoms with E-state index in [1.165, 1.54) is 12.1 Å². The molecular weight excluding hydrogens is 315 g/mol. The number of nitrogens with zero attached hydrogens (tertiary/aromatic N) is 1. The zero-order valence-corrected chi connectivity index (χ0v) is 14.1. The lowest BCUT2D eigenvalue weighted by atomic mass is 10.1. The maximum Gasteiger partial charge on any atom is 0.408 e. The zero-order chi connectivity index (χ0) is 18.1. The van der Waals surface area contributed by atoms with Crippen LogP contribution in [0.15, 0.2) is 24.3 Å². The summed E-state index contributed by atoms with van der Waals surface area (Å²) in [5.74, 6) is -1.53. The van der Waals surface area contributed by atoms with Gasteiger partial charge in [0.2, 0.25) is 0 Å². The van der Waals surface area contributed by atoms with Crippen LogP contribution in [0.3, 0.4) is 0 Å². The Labute approximate surface area is 139 Å². The van der Waals surface area contributed by atoms with Gasteiger partial charge in [-0.3, -0.25) is 0 Å². The number of rotatable bonds is 4.